The summed E-state index contributed by atoms with van der Waals surface area (Å²) in [5.74, 6) is 1.22. The van der Waals surface area contributed by atoms with Gasteiger partial charge in [-0.2, -0.15) is 0 Å². The molecule has 1 aliphatic heterocycles. The summed E-state index contributed by atoms with van der Waals surface area (Å²) < 4.78 is 34.3. The normalized spacial score (nSPS) is 14.9. The van der Waals surface area contributed by atoms with Crippen molar-refractivity contribution >= 4 is 38.5 Å². The predicted molar refractivity (Wildman–Crippen MR) is 137 cm³/mol. The van der Waals surface area contributed by atoms with E-state index in [0.717, 1.165) is 28.5 Å². The van der Waals surface area contributed by atoms with Gasteiger partial charge in [0.15, 0.2) is 0 Å². The number of sulfonamides is 1. The molecule has 0 aliphatic carbocycles. The number of carbonyl (C=O) groups is 1. The summed E-state index contributed by atoms with van der Waals surface area (Å²) in [4.78, 5) is 15.9. The summed E-state index contributed by atoms with van der Waals surface area (Å²) in [6, 6.07) is 18.4. The number of likely N-dealkylation sites (tertiary alicyclic amines) is 1. The van der Waals surface area contributed by atoms with Gasteiger partial charge in [-0.15, -0.1) is 11.8 Å². The molecule has 0 aromatic heterocycles. The van der Waals surface area contributed by atoms with Crippen LogP contribution in [0.3, 0.4) is 0 Å². The topological polar surface area (TPSA) is 75.7 Å². The molecule has 0 saturated carbocycles. The largest absolute Gasteiger partial charge is 0.492 e. The van der Waals surface area contributed by atoms with Gasteiger partial charge < -0.3 is 9.64 Å². The van der Waals surface area contributed by atoms with Gasteiger partial charge in [-0.3, -0.25) is 4.79 Å². The minimum absolute atomic E-state index is 0.0872. The van der Waals surface area contributed by atoms with E-state index in [1.54, 1.807) is 12.1 Å². The second kappa shape index (κ2) is 10.8. The summed E-state index contributed by atoms with van der Waals surface area (Å²) in [6.45, 7) is 3.90. The Balaban J connectivity index is 1.43. The van der Waals surface area contributed by atoms with Crippen LogP contribution >= 0.6 is 11.8 Å². The van der Waals surface area contributed by atoms with Gasteiger partial charge in [0.05, 0.1) is 10.5 Å². The van der Waals surface area contributed by atoms with E-state index in [-0.39, 0.29) is 24.0 Å². The quantitative estimate of drug-likeness (QED) is 0.357. The van der Waals surface area contributed by atoms with Crippen molar-refractivity contribution in [1.29, 1.82) is 0 Å². The minimum atomic E-state index is -3.79. The van der Waals surface area contributed by atoms with Crippen LogP contribution in [0.1, 0.15) is 30.1 Å². The summed E-state index contributed by atoms with van der Waals surface area (Å²) in [5, 5.41) is 2.05. The van der Waals surface area contributed by atoms with E-state index >= 15 is 0 Å². The van der Waals surface area contributed by atoms with Gasteiger partial charge in [0, 0.05) is 29.9 Å². The first kappa shape index (κ1) is 24.6. The van der Waals surface area contributed by atoms with Crippen LogP contribution in [0.15, 0.2) is 70.5 Å². The van der Waals surface area contributed by atoms with Gasteiger partial charge in [-0.1, -0.05) is 43.3 Å². The van der Waals surface area contributed by atoms with Gasteiger partial charge in [0.2, 0.25) is 10.0 Å². The zero-order chi connectivity index (χ0) is 24.1. The molecule has 0 spiro atoms. The molecule has 34 heavy (non-hydrogen) atoms. The molecular formula is C26H30N2O4S2. The van der Waals surface area contributed by atoms with Crippen molar-refractivity contribution in [3.8, 4) is 5.75 Å². The predicted octanol–water partition coefficient (Wildman–Crippen LogP) is 4.79. The zero-order valence-electron chi connectivity index (χ0n) is 19.5. The van der Waals surface area contributed by atoms with Crippen molar-refractivity contribution in [2.75, 3.05) is 32.5 Å². The Morgan fingerprint density at radius 3 is 2.59 bits per heavy atom. The average molecular weight is 499 g/mol. The molecule has 0 unspecified atom stereocenters. The van der Waals surface area contributed by atoms with E-state index in [4.69, 9.17) is 4.74 Å². The number of piperidine rings is 1. The Morgan fingerprint density at radius 1 is 1.09 bits per heavy atom. The Bertz CT molecular complexity index is 1260. The molecule has 4 rings (SSSR count). The number of nitrogens with one attached hydrogen (secondary N) is 1. The molecule has 3 aromatic rings. The third-order valence-electron chi connectivity index (χ3n) is 6.18. The molecule has 1 aliphatic rings. The Morgan fingerprint density at radius 2 is 1.82 bits per heavy atom. The number of hydrogen-bond acceptors (Lipinski definition) is 5. The molecule has 1 heterocycles. The van der Waals surface area contributed by atoms with Crippen LogP contribution in [-0.4, -0.2) is 51.7 Å². The van der Waals surface area contributed by atoms with Gasteiger partial charge in [-0.25, -0.2) is 13.1 Å². The van der Waals surface area contributed by atoms with Crippen LogP contribution in [-0.2, 0) is 10.0 Å². The van der Waals surface area contributed by atoms with E-state index in [9.17, 15) is 13.2 Å². The number of fused-ring (bicyclic) bond motifs is 1. The molecule has 3 aromatic carbocycles. The summed E-state index contributed by atoms with van der Waals surface area (Å²) >= 11 is 1.44. The van der Waals surface area contributed by atoms with E-state index < -0.39 is 10.0 Å². The van der Waals surface area contributed by atoms with E-state index in [1.165, 1.54) is 17.8 Å². The van der Waals surface area contributed by atoms with E-state index in [0.29, 0.717) is 30.3 Å². The lowest BCUT2D eigenvalue weighted by Crippen LogP contribution is -2.38. The number of nitrogens with zero attached hydrogens (tertiary/aromatic N) is 1. The highest BCUT2D eigenvalue weighted by atomic mass is 32.2. The third kappa shape index (κ3) is 5.56. The average Bonchev–Trinajstić information content (AvgIpc) is 2.86. The first-order valence-corrected chi connectivity index (χ1v) is 14.2. The van der Waals surface area contributed by atoms with E-state index in [2.05, 4.69) is 11.6 Å². The molecule has 6 nitrogen and oxygen atoms in total. The number of thioether (sulfide) groups is 1. The standard InChI is InChI=1S/C26H30N2O4S2/c1-19-12-15-28(16-13-19)26(29)23-18-21(10-11-25(23)33-2)34(30,31)27-14-17-32-24-9-5-7-20-6-3-4-8-22(20)24/h3-11,18-19,27H,12-17H2,1-2H3. The number of amides is 1. The van der Waals surface area contributed by atoms with Crippen LogP contribution in [0.2, 0.25) is 0 Å². The van der Waals surface area contributed by atoms with Crippen molar-refractivity contribution < 1.29 is 17.9 Å². The fourth-order valence-corrected chi connectivity index (χ4v) is 5.75. The zero-order valence-corrected chi connectivity index (χ0v) is 21.1. The van der Waals surface area contributed by atoms with Crippen molar-refractivity contribution in [2.24, 2.45) is 5.92 Å². The van der Waals surface area contributed by atoms with Gasteiger partial charge in [-0.05, 0) is 54.7 Å². The number of benzene rings is 3. The lowest BCUT2D eigenvalue weighted by atomic mass is 9.98. The minimum Gasteiger partial charge on any atom is -0.492 e. The highest BCUT2D eigenvalue weighted by Crippen LogP contribution is 2.27. The first-order valence-electron chi connectivity index (χ1n) is 11.5. The second-order valence-electron chi connectivity index (χ2n) is 8.56. The summed E-state index contributed by atoms with van der Waals surface area (Å²) in [5.41, 5.74) is 0.442. The lowest BCUT2D eigenvalue weighted by molar-refractivity contribution is 0.0693. The maximum atomic E-state index is 13.2. The van der Waals surface area contributed by atoms with E-state index in [1.807, 2.05) is 53.6 Å². The Labute approximate surface area is 205 Å². The molecule has 1 fully saturated rings. The number of rotatable bonds is 8. The van der Waals surface area contributed by atoms with Crippen molar-refractivity contribution in [2.45, 2.75) is 29.6 Å². The van der Waals surface area contributed by atoms with Crippen LogP contribution in [0.4, 0.5) is 0 Å². The first-order chi connectivity index (χ1) is 16.4. The molecule has 1 amide bonds. The number of hydrogen-bond donors (Lipinski definition) is 1. The maximum absolute atomic E-state index is 13.2. The van der Waals surface area contributed by atoms with Crippen LogP contribution in [0.25, 0.3) is 10.8 Å². The fraction of sp³-hybridized carbons (Fsp3) is 0.346. The monoisotopic (exact) mass is 498 g/mol. The summed E-state index contributed by atoms with van der Waals surface area (Å²) in [7, 11) is -3.79. The smallest absolute Gasteiger partial charge is 0.255 e. The number of ether oxygens (including phenoxy) is 1. The van der Waals surface area contributed by atoms with Crippen LogP contribution < -0.4 is 9.46 Å². The highest BCUT2D eigenvalue weighted by molar-refractivity contribution is 7.98. The SMILES string of the molecule is CSc1ccc(S(=O)(=O)NCCOc2cccc3ccccc23)cc1C(=O)N1CCC(C)CC1. The van der Waals surface area contributed by atoms with Gasteiger partial charge in [0.1, 0.15) is 12.4 Å². The van der Waals surface area contributed by atoms with Crippen molar-refractivity contribution in [3.63, 3.8) is 0 Å². The number of carbonyl (C=O) groups excluding carboxylic acids is 1. The van der Waals surface area contributed by atoms with Crippen molar-refractivity contribution in [3.05, 3.63) is 66.2 Å². The molecule has 1 N–H and O–H groups in total. The van der Waals surface area contributed by atoms with Crippen LogP contribution in [0, 0.1) is 5.92 Å². The van der Waals surface area contributed by atoms with Gasteiger partial charge in [0.25, 0.3) is 5.91 Å². The lowest BCUT2D eigenvalue weighted by Gasteiger charge is -2.30. The highest BCUT2D eigenvalue weighted by Gasteiger charge is 2.25. The molecule has 1 saturated heterocycles. The maximum Gasteiger partial charge on any atom is 0.255 e. The molecule has 0 atom stereocenters. The molecule has 180 valence electrons. The second-order valence-corrected chi connectivity index (χ2v) is 11.2. The molecule has 8 heteroatoms. The fourth-order valence-electron chi connectivity index (χ4n) is 4.15. The van der Waals surface area contributed by atoms with Crippen LogP contribution in [0.5, 0.6) is 5.75 Å². The molecule has 0 bridgehead atoms. The van der Waals surface area contributed by atoms with Gasteiger partial charge >= 0.3 is 0 Å². The third-order valence-corrected chi connectivity index (χ3v) is 8.44. The Hall–Kier alpha value is -2.55. The molecular weight excluding hydrogens is 468 g/mol. The summed E-state index contributed by atoms with van der Waals surface area (Å²) in [6.07, 6.45) is 3.83. The molecule has 0 radical (unpaired) electrons. The van der Waals surface area contributed by atoms with Crippen molar-refractivity contribution in [1.82, 2.24) is 9.62 Å². The Kier molecular flexibility index (Phi) is 7.80.